The Labute approximate surface area is 116 Å². The molecule has 0 bridgehead atoms. The Morgan fingerprint density at radius 3 is 3.06 bits per heavy atom. The van der Waals surface area contributed by atoms with Crippen molar-refractivity contribution in [2.45, 2.75) is 38.1 Å². The normalized spacial score (nSPS) is 22.3. The molecule has 0 saturated carbocycles. The second-order valence-corrected chi connectivity index (χ2v) is 6.13. The topological polar surface area (TPSA) is 35.2 Å². The molecule has 1 aromatic carbocycles. The van der Waals surface area contributed by atoms with Gasteiger partial charge in [0.2, 0.25) is 0 Å². The molecule has 18 heavy (non-hydrogen) atoms. The number of nitrogens with two attached hydrogens (primary N) is 1. The van der Waals surface area contributed by atoms with E-state index in [1.54, 1.807) is 0 Å². The fraction of sp³-hybridized carbons (Fsp3) is 0.467. The summed E-state index contributed by atoms with van der Waals surface area (Å²) in [6.45, 7) is 0.817. The molecule has 3 rings (SSSR count). The number of hydrogen-bond donors (Lipinski definition) is 1. The van der Waals surface area contributed by atoms with Crippen molar-refractivity contribution in [3.8, 4) is 5.75 Å². The molecule has 1 aliphatic heterocycles. The van der Waals surface area contributed by atoms with E-state index in [-0.39, 0.29) is 6.04 Å². The summed E-state index contributed by atoms with van der Waals surface area (Å²) in [5.74, 6) is 1.11. The maximum absolute atomic E-state index is 6.00. The summed E-state index contributed by atoms with van der Waals surface area (Å²) in [7, 11) is 0. The third kappa shape index (κ3) is 2.47. The molecule has 2 aliphatic rings. The summed E-state index contributed by atoms with van der Waals surface area (Å²) in [4.78, 5) is 0. The molecule has 96 valence electrons. The van der Waals surface area contributed by atoms with Crippen LogP contribution in [0.25, 0.3) is 0 Å². The van der Waals surface area contributed by atoms with E-state index < -0.39 is 0 Å². The van der Waals surface area contributed by atoms with E-state index >= 15 is 0 Å². The zero-order chi connectivity index (χ0) is 12.5. The van der Waals surface area contributed by atoms with Crippen LogP contribution < -0.4 is 10.5 Å². The third-order valence-electron chi connectivity index (χ3n) is 3.73. The monoisotopic (exact) mass is 307 g/mol. The van der Waals surface area contributed by atoms with Crippen LogP contribution in [-0.4, -0.2) is 12.6 Å². The van der Waals surface area contributed by atoms with E-state index in [4.69, 9.17) is 10.5 Å². The van der Waals surface area contributed by atoms with Crippen molar-refractivity contribution in [1.29, 1.82) is 0 Å². The van der Waals surface area contributed by atoms with Crippen molar-refractivity contribution in [1.82, 2.24) is 0 Å². The van der Waals surface area contributed by atoms with Crippen LogP contribution in [0.5, 0.6) is 5.75 Å². The molecule has 1 unspecified atom stereocenters. The maximum atomic E-state index is 6.00. The fourth-order valence-corrected chi connectivity index (χ4v) is 3.46. The highest BCUT2D eigenvalue weighted by Gasteiger charge is 2.19. The predicted molar refractivity (Wildman–Crippen MR) is 77.0 cm³/mol. The summed E-state index contributed by atoms with van der Waals surface area (Å²) in [6.07, 6.45) is 7.76. The highest BCUT2D eigenvalue weighted by Crippen LogP contribution is 2.35. The van der Waals surface area contributed by atoms with Gasteiger partial charge in [-0.2, -0.15) is 0 Å². The van der Waals surface area contributed by atoms with E-state index in [0.717, 1.165) is 36.1 Å². The van der Waals surface area contributed by atoms with Crippen LogP contribution in [-0.2, 0) is 12.8 Å². The average molecular weight is 308 g/mol. The number of rotatable bonds is 2. The minimum absolute atomic E-state index is 0.245. The van der Waals surface area contributed by atoms with Gasteiger partial charge >= 0.3 is 0 Å². The van der Waals surface area contributed by atoms with Crippen LogP contribution in [0.1, 0.15) is 30.4 Å². The molecular weight excluding hydrogens is 290 g/mol. The van der Waals surface area contributed by atoms with Crippen molar-refractivity contribution in [3.05, 3.63) is 39.4 Å². The molecule has 2 N–H and O–H groups in total. The van der Waals surface area contributed by atoms with Gasteiger partial charge in [-0.1, -0.05) is 27.6 Å². The number of ether oxygens (including phenoxy) is 1. The molecule has 0 aromatic heterocycles. The number of benzene rings is 1. The highest BCUT2D eigenvalue weighted by atomic mass is 79.9. The van der Waals surface area contributed by atoms with Crippen LogP contribution in [0.3, 0.4) is 0 Å². The number of fused-ring (bicyclic) bond motifs is 1. The van der Waals surface area contributed by atoms with Crippen LogP contribution in [0.2, 0.25) is 0 Å². The van der Waals surface area contributed by atoms with Gasteiger partial charge in [0.15, 0.2) is 0 Å². The Morgan fingerprint density at radius 2 is 2.22 bits per heavy atom. The molecule has 3 heteroatoms. The van der Waals surface area contributed by atoms with E-state index in [1.807, 2.05) is 0 Å². The van der Waals surface area contributed by atoms with Crippen molar-refractivity contribution < 1.29 is 4.74 Å². The van der Waals surface area contributed by atoms with Crippen molar-refractivity contribution in [2.75, 3.05) is 6.61 Å². The standard InChI is InChI=1S/C15H18BrNO/c16-13-8-11-4-5-18-15(11)12(9-13)6-10-2-1-3-14(17)7-10/h7-9,14H,1-6,17H2. The summed E-state index contributed by atoms with van der Waals surface area (Å²) < 4.78 is 6.93. The smallest absolute Gasteiger partial charge is 0.126 e. The lowest BCUT2D eigenvalue weighted by molar-refractivity contribution is 0.353. The first-order chi connectivity index (χ1) is 8.72. The maximum Gasteiger partial charge on any atom is 0.126 e. The van der Waals surface area contributed by atoms with Gasteiger partial charge in [-0.05, 0) is 48.9 Å². The lowest BCUT2D eigenvalue weighted by atomic mass is 9.91. The first-order valence-corrected chi connectivity index (χ1v) is 7.41. The minimum Gasteiger partial charge on any atom is -0.493 e. The first kappa shape index (κ1) is 12.2. The summed E-state index contributed by atoms with van der Waals surface area (Å²) in [5, 5.41) is 0. The molecular formula is C15H18BrNO. The summed E-state index contributed by atoms with van der Waals surface area (Å²) in [5.41, 5.74) is 10.1. The quantitative estimate of drug-likeness (QED) is 0.850. The van der Waals surface area contributed by atoms with Gasteiger partial charge in [0.05, 0.1) is 6.61 Å². The van der Waals surface area contributed by atoms with Crippen molar-refractivity contribution >= 4 is 15.9 Å². The molecule has 1 aliphatic carbocycles. The zero-order valence-electron chi connectivity index (χ0n) is 10.4. The molecule has 0 saturated heterocycles. The van der Waals surface area contributed by atoms with Gasteiger partial charge in [-0.15, -0.1) is 0 Å². The SMILES string of the molecule is NC1C=C(Cc2cc(Br)cc3c2OCC3)CCC1. The molecule has 2 nitrogen and oxygen atoms in total. The molecule has 0 fully saturated rings. The highest BCUT2D eigenvalue weighted by molar-refractivity contribution is 9.10. The summed E-state index contributed by atoms with van der Waals surface area (Å²) >= 11 is 3.59. The van der Waals surface area contributed by atoms with E-state index in [1.165, 1.54) is 29.5 Å². The van der Waals surface area contributed by atoms with Crippen LogP contribution >= 0.6 is 15.9 Å². The van der Waals surface area contributed by atoms with E-state index in [0.29, 0.717) is 0 Å². The van der Waals surface area contributed by atoms with Gasteiger partial charge in [-0.25, -0.2) is 0 Å². The van der Waals surface area contributed by atoms with Gasteiger partial charge in [0.25, 0.3) is 0 Å². The summed E-state index contributed by atoms with van der Waals surface area (Å²) in [6, 6.07) is 4.60. The first-order valence-electron chi connectivity index (χ1n) is 6.61. The Kier molecular flexibility index (Phi) is 3.44. The van der Waals surface area contributed by atoms with Gasteiger partial charge < -0.3 is 10.5 Å². The Bertz CT molecular complexity index is 496. The van der Waals surface area contributed by atoms with Crippen molar-refractivity contribution in [3.63, 3.8) is 0 Å². The van der Waals surface area contributed by atoms with Gasteiger partial charge in [0, 0.05) is 16.9 Å². The molecule has 1 heterocycles. The fourth-order valence-electron chi connectivity index (χ4n) is 2.90. The second-order valence-electron chi connectivity index (χ2n) is 5.21. The predicted octanol–water partition coefficient (Wildman–Crippen LogP) is 3.36. The molecule has 1 aromatic rings. The lowest BCUT2D eigenvalue weighted by Crippen LogP contribution is -2.20. The number of allylic oxidation sites excluding steroid dienone is 1. The zero-order valence-corrected chi connectivity index (χ0v) is 12.0. The van der Waals surface area contributed by atoms with Crippen LogP contribution in [0.15, 0.2) is 28.3 Å². The minimum atomic E-state index is 0.245. The van der Waals surface area contributed by atoms with Crippen LogP contribution in [0.4, 0.5) is 0 Å². The Hall–Kier alpha value is -0.800. The average Bonchev–Trinajstić information content (AvgIpc) is 2.77. The van der Waals surface area contributed by atoms with E-state index in [2.05, 4.69) is 34.1 Å². The van der Waals surface area contributed by atoms with Crippen molar-refractivity contribution in [2.24, 2.45) is 5.73 Å². The van der Waals surface area contributed by atoms with Gasteiger partial charge in [-0.3, -0.25) is 0 Å². The molecule has 0 radical (unpaired) electrons. The molecule has 1 atom stereocenters. The second kappa shape index (κ2) is 5.06. The molecule has 0 spiro atoms. The third-order valence-corrected chi connectivity index (χ3v) is 4.19. The lowest BCUT2D eigenvalue weighted by Gasteiger charge is -2.19. The largest absolute Gasteiger partial charge is 0.493 e. The molecule has 0 amide bonds. The van der Waals surface area contributed by atoms with Gasteiger partial charge in [0.1, 0.15) is 5.75 Å². The Balaban J connectivity index is 1.89. The van der Waals surface area contributed by atoms with E-state index in [9.17, 15) is 0 Å². The Morgan fingerprint density at radius 1 is 1.33 bits per heavy atom. The number of hydrogen-bond acceptors (Lipinski definition) is 2. The number of halogens is 1. The van der Waals surface area contributed by atoms with Crippen LogP contribution in [0, 0.1) is 0 Å².